The van der Waals surface area contributed by atoms with Crippen molar-refractivity contribution in [3.8, 4) is 11.5 Å². The Bertz CT molecular complexity index is 1060. The SMILES string of the molecule is Cc1cc2occ(CC(=O)OCc3cc(-c4ccco4)on3)c2cc1C. The summed E-state index contributed by atoms with van der Waals surface area (Å²) in [6.07, 6.45) is 3.30. The van der Waals surface area contributed by atoms with E-state index in [0.717, 1.165) is 27.7 Å². The van der Waals surface area contributed by atoms with Gasteiger partial charge in [-0.15, -0.1) is 0 Å². The molecule has 132 valence electrons. The van der Waals surface area contributed by atoms with Crippen molar-refractivity contribution in [2.45, 2.75) is 26.9 Å². The Hall–Kier alpha value is -3.28. The van der Waals surface area contributed by atoms with Crippen LogP contribution in [-0.4, -0.2) is 11.1 Å². The highest BCUT2D eigenvalue weighted by Crippen LogP contribution is 2.25. The van der Waals surface area contributed by atoms with Crippen LogP contribution >= 0.6 is 0 Å². The minimum absolute atomic E-state index is 0.0387. The van der Waals surface area contributed by atoms with Crippen LogP contribution in [0.15, 0.2) is 56.2 Å². The predicted molar refractivity (Wildman–Crippen MR) is 93.4 cm³/mol. The summed E-state index contributed by atoms with van der Waals surface area (Å²) in [5.41, 5.74) is 4.41. The van der Waals surface area contributed by atoms with Crippen molar-refractivity contribution in [3.05, 3.63) is 65.2 Å². The van der Waals surface area contributed by atoms with Gasteiger partial charge in [0.05, 0.1) is 18.9 Å². The predicted octanol–water partition coefficient (Wildman–Crippen LogP) is 4.58. The van der Waals surface area contributed by atoms with Crippen molar-refractivity contribution in [1.29, 1.82) is 0 Å². The molecule has 0 saturated heterocycles. The van der Waals surface area contributed by atoms with Gasteiger partial charge in [-0.05, 0) is 49.2 Å². The number of ether oxygens (including phenoxy) is 1. The van der Waals surface area contributed by atoms with Crippen molar-refractivity contribution in [1.82, 2.24) is 5.16 Å². The first-order valence-corrected chi connectivity index (χ1v) is 8.22. The van der Waals surface area contributed by atoms with E-state index in [1.54, 1.807) is 30.7 Å². The molecule has 6 heteroatoms. The first-order chi connectivity index (χ1) is 12.6. The van der Waals surface area contributed by atoms with Crippen molar-refractivity contribution in [3.63, 3.8) is 0 Å². The molecule has 4 aromatic rings. The zero-order chi connectivity index (χ0) is 18.1. The number of hydrogen-bond acceptors (Lipinski definition) is 6. The number of rotatable bonds is 5. The van der Waals surface area contributed by atoms with Gasteiger partial charge in [0.1, 0.15) is 17.9 Å². The van der Waals surface area contributed by atoms with E-state index < -0.39 is 0 Å². The second kappa shape index (κ2) is 6.55. The summed E-state index contributed by atoms with van der Waals surface area (Å²) >= 11 is 0. The van der Waals surface area contributed by atoms with Crippen LogP contribution in [0.4, 0.5) is 0 Å². The minimum Gasteiger partial charge on any atom is -0.464 e. The number of fused-ring (bicyclic) bond motifs is 1. The van der Waals surface area contributed by atoms with Gasteiger partial charge in [-0.3, -0.25) is 4.79 Å². The molecule has 6 nitrogen and oxygen atoms in total. The average Bonchev–Trinajstić information content (AvgIpc) is 3.35. The summed E-state index contributed by atoms with van der Waals surface area (Å²) in [5.74, 6) is 0.715. The van der Waals surface area contributed by atoms with E-state index in [0.29, 0.717) is 17.2 Å². The van der Waals surface area contributed by atoms with Crippen molar-refractivity contribution in [2.24, 2.45) is 0 Å². The monoisotopic (exact) mass is 351 g/mol. The number of carbonyl (C=O) groups is 1. The Morgan fingerprint density at radius 3 is 2.77 bits per heavy atom. The lowest BCUT2D eigenvalue weighted by Gasteiger charge is -2.03. The number of benzene rings is 1. The number of nitrogens with zero attached hydrogens (tertiary/aromatic N) is 1. The van der Waals surface area contributed by atoms with Crippen LogP contribution in [0, 0.1) is 13.8 Å². The number of carbonyl (C=O) groups excluding carboxylic acids is 1. The van der Waals surface area contributed by atoms with Gasteiger partial charge in [0.25, 0.3) is 0 Å². The zero-order valence-electron chi connectivity index (χ0n) is 14.4. The Labute approximate surface area is 149 Å². The molecular weight excluding hydrogens is 334 g/mol. The molecule has 0 atom stereocenters. The molecule has 0 fully saturated rings. The van der Waals surface area contributed by atoms with Crippen LogP contribution in [-0.2, 0) is 22.6 Å². The fraction of sp³-hybridized carbons (Fsp3) is 0.200. The molecule has 0 unspecified atom stereocenters. The van der Waals surface area contributed by atoms with Crippen molar-refractivity contribution >= 4 is 16.9 Å². The van der Waals surface area contributed by atoms with Crippen LogP contribution in [0.1, 0.15) is 22.4 Å². The first-order valence-electron chi connectivity index (χ1n) is 8.22. The third kappa shape index (κ3) is 3.13. The molecular formula is C20H17NO5. The summed E-state index contributed by atoms with van der Waals surface area (Å²) < 4.78 is 21.3. The largest absolute Gasteiger partial charge is 0.464 e. The van der Waals surface area contributed by atoms with E-state index in [1.165, 1.54) is 0 Å². The van der Waals surface area contributed by atoms with E-state index >= 15 is 0 Å². The van der Waals surface area contributed by atoms with E-state index in [2.05, 4.69) is 5.16 Å². The Balaban J connectivity index is 1.41. The summed E-state index contributed by atoms with van der Waals surface area (Å²) in [4.78, 5) is 12.2. The van der Waals surface area contributed by atoms with Crippen molar-refractivity contribution < 1.29 is 22.9 Å². The molecule has 4 rings (SSSR count). The maximum atomic E-state index is 12.2. The van der Waals surface area contributed by atoms with Crippen LogP contribution in [0.5, 0.6) is 0 Å². The fourth-order valence-electron chi connectivity index (χ4n) is 2.75. The molecule has 3 heterocycles. The highest BCUT2D eigenvalue weighted by Gasteiger charge is 2.14. The van der Waals surface area contributed by atoms with Gasteiger partial charge in [0, 0.05) is 17.0 Å². The molecule has 26 heavy (non-hydrogen) atoms. The molecule has 0 N–H and O–H groups in total. The van der Waals surface area contributed by atoms with Crippen LogP contribution in [0.2, 0.25) is 0 Å². The fourth-order valence-corrected chi connectivity index (χ4v) is 2.75. The lowest BCUT2D eigenvalue weighted by atomic mass is 10.0. The van der Waals surface area contributed by atoms with Gasteiger partial charge >= 0.3 is 5.97 Å². The first kappa shape index (κ1) is 16.2. The molecule has 0 saturated carbocycles. The number of aromatic nitrogens is 1. The Morgan fingerprint density at radius 2 is 1.96 bits per heavy atom. The molecule has 0 radical (unpaired) electrons. The minimum atomic E-state index is -0.353. The number of esters is 1. The number of furan rings is 2. The lowest BCUT2D eigenvalue weighted by Crippen LogP contribution is -2.07. The molecule has 0 spiro atoms. The van der Waals surface area contributed by atoms with E-state index in [-0.39, 0.29) is 19.0 Å². The Morgan fingerprint density at radius 1 is 1.12 bits per heavy atom. The molecule has 3 aromatic heterocycles. The third-order valence-corrected chi connectivity index (χ3v) is 4.31. The maximum absolute atomic E-state index is 12.2. The molecule has 0 aliphatic rings. The van der Waals surface area contributed by atoms with Gasteiger partial charge in [-0.2, -0.15) is 0 Å². The lowest BCUT2D eigenvalue weighted by molar-refractivity contribution is -0.144. The normalized spacial score (nSPS) is 11.2. The summed E-state index contributed by atoms with van der Waals surface area (Å²) in [6, 6.07) is 9.22. The molecule has 1 aromatic carbocycles. The highest BCUT2D eigenvalue weighted by molar-refractivity contribution is 5.86. The second-order valence-electron chi connectivity index (χ2n) is 6.19. The van der Waals surface area contributed by atoms with E-state index in [4.69, 9.17) is 18.1 Å². The Kier molecular flexibility index (Phi) is 4.08. The quantitative estimate of drug-likeness (QED) is 0.490. The molecule has 0 bridgehead atoms. The van der Waals surface area contributed by atoms with Crippen LogP contribution in [0.25, 0.3) is 22.5 Å². The van der Waals surface area contributed by atoms with Gasteiger partial charge in [-0.25, -0.2) is 0 Å². The summed E-state index contributed by atoms with van der Waals surface area (Å²) in [7, 11) is 0. The van der Waals surface area contributed by atoms with Gasteiger partial charge in [-0.1, -0.05) is 5.16 Å². The van der Waals surface area contributed by atoms with Crippen molar-refractivity contribution in [2.75, 3.05) is 0 Å². The summed E-state index contributed by atoms with van der Waals surface area (Å²) in [5, 5.41) is 4.82. The molecule has 0 aliphatic heterocycles. The van der Waals surface area contributed by atoms with E-state index in [9.17, 15) is 4.79 Å². The van der Waals surface area contributed by atoms with Gasteiger partial charge < -0.3 is 18.1 Å². The third-order valence-electron chi connectivity index (χ3n) is 4.31. The van der Waals surface area contributed by atoms with Gasteiger partial charge in [0.2, 0.25) is 5.76 Å². The number of hydrogen-bond donors (Lipinski definition) is 0. The smallest absolute Gasteiger partial charge is 0.310 e. The van der Waals surface area contributed by atoms with Crippen LogP contribution in [0.3, 0.4) is 0 Å². The summed E-state index contributed by atoms with van der Waals surface area (Å²) in [6.45, 7) is 4.10. The standard InChI is InChI=1S/C20H17NO5/c1-12-6-16-14(10-24-18(16)7-13(12)2)8-20(22)25-11-15-9-19(26-21-15)17-4-3-5-23-17/h3-7,9-10H,8,11H2,1-2H3. The van der Waals surface area contributed by atoms with Crippen LogP contribution < -0.4 is 0 Å². The second-order valence-corrected chi connectivity index (χ2v) is 6.19. The van der Waals surface area contributed by atoms with E-state index in [1.807, 2.05) is 26.0 Å². The maximum Gasteiger partial charge on any atom is 0.310 e. The van der Waals surface area contributed by atoms with Gasteiger partial charge in [0.15, 0.2) is 5.76 Å². The number of aryl methyl sites for hydroxylation is 2. The zero-order valence-corrected chi connectivity index (χ0v) is 14.4. The topological polar surface area (TPSA) is 78.6 Å². The average molecular weight is 351 g/mol. The molecule has 0 amide bonds. The highest BCUT2D eigenvalue weighted by atomic mass is 16.5. The molecule has 0 aliphatic carbocycles.